The van der Waals surface area contributed by atoms with Crippen molar-refractivity contribution in [3.05, 3.63) is 48.8 Å². The predicted octanol–water partition coefficient (Wildman–Crippen LogP) is 1.88. The number of nitrogens with one attached hydrogen (secondary N) is 1. The molecule has 24 heavy (non-hydrogen) atoms. The van der Waals surface area contributed by atoms with E-state index in [9.17, 15) is 13.2 Å². The van der Waals surface area contributed by atoms with E-state index in [2.05, 4.69) is 10.3 Å². The average Bonchev–Trinajstić information content (AvgIpc) is 2.55. The molecule has 1 N–H and O–H groups in total. The van der Waals surface area contributed by atoms with Crippen molar-refractivity contribution in [3.63, 3.8) is 0 Å². The van der Waals surface area contributed by atoms with E-state index in [-0.39, 0.29) is 0 Å². The van der Waals surface area contributed by atoms with Gasteiger partial charge in [-0.1, -0.05) is 0 Å². The van der Waals surface area contributed by atoms with Crippen LogP contribution < -0.4 is 14.4 Å². The van der Waals surface area contributed by atoms with Gasteiger partial charge in [-0.3, -0.25) is 14.1 Å². The van der Waals surface area contributed by atoms with Crippen molar-refractivity contribution in [2.24, 2.45) is 0 Å². The van der Waals surface area contributed by atoms with Gasteiger partial charge in [-0.2, -0.15) is 0 Å². The molecule has 1 unspecified atom stereocenters. The maximum atomic E-state index is 12.4. The summed E-state index contributed by atoms with van der Waals surface area (Å²) >= 11 is 0. The largest absolute Gasteiger partial charge is 0.497 e. The molecule has 1 atom stereocenters. The molecule has 0 saturated carbocycles. The van der Waals surface area contributed by atoms with Gasteiger partial charge in [-0.25, -0.2) is 8.42 Å². The summed E-state index contributed by atoms with van der Waals surface area (Å²) in [6, 6.07) is 8.88. The summed E-state index contributed by atoms with van der Waals surface area (Å²) in [7, 11) is -2.14. The highest BCUT2D eigenvalue weighted by molar-refractivity contribution is 7.92. The molecule has 1 aromatic heterocycles. The predicted molar refractivity (Wildman–Crippen MR) is 92.6 cm³/mol. The minimum atomic E-state index is -3.66. The van der Waals surface area contributed by atoms with E-state index in [1.54, 1.807) is 42.6 Å². The Bertz CT molecular complexity index is 792. The van der Waals surface area contributed by atoms with Gasteiger partial charge >= 0.3 is 0 Å². The first-order valence-corrected chi connectivity index (χ1v) is 9.02. The first-order chi connectivity index (χ1) is 11.3. The number of carbonyl (C=O) groups excluding carboxylic acids is 1. The highest BCUT2D eigenvalue weighted by Crippen LogP contribution is 2.24. The molecular formula is C16H19N3O4S. The summed E-state index contributed by atoms with van der Waals surface area (Å²) in [5.41, 5.74) is 0.879. The first kappa shape index (κ1) is 17.7. The normalized spacial score (nSPS) is 12.3. The van der Waals surface area contributed by atoms with Gasteiger partial charge in [0.2, 0.25) is 15.9 Å². The number of carbonyl (C=O) groups is 1. The van der Waals surface area contributed by atoms with Gasteiger partial charge in [0.05, 0.1) is 30.9 Å². The van der Waals surface area contributed by atoms with Crippen LogP contribution in [0.5, 0.6) is 5.75 Å². The SMILES string of the molecule is COc1ccc(N(C(C)C(=O)Nc2cccnc2)S(C)(=O)=O)cc1. The number of hydrogen-bond acceptors (Lipinski definition) is 5. The van der Waals surface area contributed by atoms with Gasteiger partial charge in [-0.05, 0) is 43.3 Å². The number of nitrogens with zero attached hydrogens (tertiary/aromatic N) is 2. The average molecular weight is 349 g/mol. The van der Waals surface area contributed by atoms with Crippen LogP contribution in [0.3, 0.4) is 0 Å². The highest BCUT2D eigenvalue weighted by atomic mass is 32.2. The van der Waals surface area contributed by atoms with Crippen LogP contribution in [0.1, 0.15) is 6.92 Å². The molecule has 0 radical (unpaired) electrons. The zero-order valence-corrected chi connectivity index (χ0v) is 14.4. The van der Waals surface area contributed by atoms with Gasteiger partial charge < -0.3 is 10.1 Å². The van der Waals surface area contributed by atoms with Crippen LogP contribution in [0.4, 0.5) is 11.4 Å². The number of aromatic nitrogens is 1. The zero-order chi connectivity index (χ0) is 17.7. The fourth-order valence-corrected chi connectivity index (χ4v) is 3.40. The second kappa shape index (κ2) is 7.31. The van der Waals surface area contributed by atoms with Crippen LogP contribution in [-0.2, 0) is 14.8 Å². The Morgan fingerprint density at radius 2 is 1.92 bits per heavy atom. The van der Waals surface area contributed by atoms with E-state index in [4.69, 9.17) is 4.74 Å². The van der Waals surface area contributed by atoms with Crippen molar-refractivity contribution in [3.8, 4) is 5.75 Å². The standard InChI is InChI=1S/C16H19N3O4S/c1-12(16(20)18-13-5-4-10-17-11-13)19(24(3,21)22)14-6-8-15(23-2)9-7-14/h4-12H,1-3H3,(H,18,20). The maximum Gasteiger partial charge on any atom is 0.248 e. The summed E-state index contributed by atoms with van der Waals surface area (Å²) in [5, 5.41) is 2.65. The molecule has 128 valence electrons. The van der Waals surface area contributed by atoms with E-state index in [1.165, 1.54) is 20.2 Å². The minimum absolute atomic E-state index is 0.382. The molecule has 0 saturated heterocycles. The third-order valence-corrected chi connectivity index (χ3v) is 4.59. The van der Waals surface area contributed by atoms with E-state index < -0.39 is 22.0 Å². The van der Waals surface area contributed by atoms with Crippen LogP contribution in [0.15, 0.2) is 48.8 Å². The molecule has 2 aromatic rings. The topological polar surface area (TPSA) is 88.6 Å². The number of amides is 1. The lowest BCUT2D eigenvalue weighted by atomic mass is 10.2. The van der Waals surface area contributed by atoms with E-state index in [0.717, 1.165) is 10.6 Å². The van der Waals surface area contributed by atoms with Gasteiger partial charge in [0, 0.05) is 6.20 Å². The van der Waals surface area contributed by atoms with Gasteiger partial charge in [-0.15, -0.1) is 0 Å². The third-order valence-electron chi connectivity index (χ3n) is 3.34. The van der Waals surface area contributed by atoms with Crippen molar-refractivity contribution < 1.29 is 17.9 Å². The molecule has 0 aliphatic carbocycles. The number of sulfonamides is 1. The lowest BCUT2D eigenvalue weighted by molar-refractivity contribution is -0.116. The van der Waals surface area contributed by atoms with Crippen LogP contribution in [0, 0.1) is 0 Å². The van der Waals surface area contributed by atoms with Crippen molar-refractivity contribution in [2.75, 3.05) is 23.0 Å². The molecule has 2 rings (SSSR count). The van der Waals surface area contributed by atoms with Crippen molar-refractivity contribution in [1.29, 1.82) is 0 Å². The quantitative estimate of drug-likeness (QED) is 0.860. The molecule has 7 nitrogen and oxygen atoms in total. The molecule has 0 aliphatic heterocycles. The summed E-state index contributed by atoms with van der Waals surface area (Å²) in [6.45, 7) is 1.52. The van der Waals surface area contributed by atoms with E-state index in [0.29, 0.717) is 17.1 Å². The number of ether oxygens (including phenoxy) is 1. The smallest absolute Gasteiger partial charge is 0.248 e. The number of hydrogen-bond donors (Lipinski definition) is 1. The van der Waals surface area contributed by atoms with E-state index in [1.807, 2.05) is 0 Å². The molecule has 0 bridgehead atoms. The van der Waals surface area contributed by atoms with Gasteiger partial charge in [0.1, 0.15) is 11.8 Å². The number of anilines is 2. The van der Waals surface area contributed by atoms with Gasteiger partial charge in [0.25, 0.3) is 0 Å². The van der Waals surface area contributed by atoms with Crippen LogP contribution in [0.25, 0.3) is 0 Å². The van der Waals surface area contributed by atoms with Crippen molar-refractivity contribution in [2.45, 2.75) is 13.0 Å². The summed E-state index contributed by atoms with van der Waals surface area (Å²) < 4.78 is 30.5. The summed E-state index contributed by atoms with van der Waals surface area (Å²) in [6.07, 6.45) is 4.13. The lowest BCUT2D eigenvalue weighted by Gasteiger charge is -2.28. The Morgan fingerprint density at radius 3 is 2.42 bits per heavy atom. The first-order valence-electron chi connectivity index (χ1n) is 7.17. The Balaban J connectivity index is 2.28. The second-order valence-electron chi connectivity index (χ2n) is 5.16. The lowest BCUT2D eigenvalue weighted by Crippen LogP contribution is -2.45. The molecule has 1 heterocycles. The number of rotatable bonds is 6. The van der Waals surface area contributed by atoms with Gasteiger partial charge in [0.15, 0.2) is 0 Å². The summed E-state index contributed by atoms with van der Waals surface area (Å²) in [5.74, 6) is 0.143. The second-order valence-corrected chi connectivity index (χ2v) is 7.02. The summed E-state index contributed by atoms with van der Waals surface area (Å²) in [4.78, 5) is 16.3. The molecule has 0 aliphatic rings. The Kier molecular flexibility index (Phi) is 5.40. The van der Waals surface area contributed by atoms with Crippen LogP contribution in [0.2, 0.25) is 0 Å². The number of benzene rings is 1. The molecule has 1 aromatic carbocycles. The van der Waals surface area contributed by atoms with Crippen molar-refractivity contribution >= 4 is 27.3 Å². The Hall–Kier alpha value is -2.61. The fourth-order valence-electron chi connectivity index (χ4n) is 2.22. The molecule has 0 fully saturated rings. The van der Waals surface area contributed by atoms with Crippen molar-refractivity contribution in [1.82, 2.24) is 4.98 Å². The molecule has 0 spiro atoms. The van der Waals surface area contributed by atoms with Crippen LogP contribution in [-0.4, -0.2) is 38.7 Å². The molecule has 1 amide bonds. The monoisotopic (exact) mass is 349 g/mol. The molecular weight excluding hydrogens is 330 g/mol. The molecule has 8 heteroatoms. The fraction of sp³-hybridized carbons (Fsp3) is 0.250. The minimum Gasteiger partial charge on any atom is -0.497 e. The Labute approximate surface area is 141 Å². The Morgan fingerprint density at radius 1 is 1.25 bits per heavy atom. The highest BCUT2D eigenvalue weighted by Gasteiger charge is 2.29. The maximum absolute atomic E-state index is 12.4. The number of pyridine rings is 1. The third kappa shape index (κ3) is 4.23. The van der Waals surface area contributed by atoms with E-state index >= 15 is 0 Å². The van der Waals surface area contributed by atoms with Crippen LogP contribution >= 0.6 is 0 Å². The number of methoxy groups -OCH3 is 1. The zero-order valence-electron chi connectivity index (χ0n) is 13.6.